The number of aromatic nitrogens is 4. The van der Waals surface area contributed by atoms with Crippen LogP contribution in [0.15, 0.2) is 59.5 Å². The number of carbonyl (C=O) groups excluding carboxylic acids is 1. The topological polar surface area (TPSA) is 90.3 Å². The Morgan fingerprint density at radius 3 is 2.33 bits per heavy atom. The summed E-state index contributed by atoms with van der Waals surface area (Å²) in [4.78, 5) is 16.6. The largest absolute Gasteiger partial charge is 0.485 e. The second-order valence-corrected chi connectivity index (χ2v) is 14.4. The molecule has 0 spiro atoms. The Morgan fingerprint density at radius 1 is 1.02 bits per heavy atom. The number of amides is 1. The molecule has 1 heterocycles. The molecule has 0 saturated heterocycles. The average molecular weight is 644 g/mol. The van der Waals surface area contributed by atoms with Gasteiger partial charge in [-0.1, -0.05) is 64.0 Å². The molecule has 0 aliphatic carbocycles. The molecule has 246 valence electrons. The monoisotopic (exact) mass is 643 g/mol. The molecule has 0 bridgehead atoms. The molecular formula is C37H49N5O3S. The van der Waals surface area contributed by atoms with Crippen LogP contribution in [-0.4, -0.2) is 68.4 Å². The van der Waals surface area contributed by atoms with E-state index >= 15 is 0 Å². The van der Waals surface area contributed by atoms with Gasteiger partial charge in [-0.2, -0.15) is 0 Å². The Morgan fingerprint density at radius 2 is 1.70 bits per heavy atom. The lowest BCUT2D eigenvalue weighted by Crippen LogP contribution is -2.45. The van der Waals surface area contributed by atoms with Gasteiger partial charge < -0.3 is 14.4 Å². The van der Waals surface area contributed by atoms with Crippen LogP contribution >= 0.6 is 11.8 Å². The molecule has 1 aromatic heterocycles. The highest BCUT2D eigenvalue weighted by Crippen LogP contribution is 2.31. The lowest BCUT2D eigenvalue weighted by atomic mass is 9.92. The zero-order valence-electron chi connectivity index (χ0n) is 28.6. The molecular weight excluding hydrogens is 595 g/mol. The van der Waals surface area contributed by atoms with Crippen molar-refractivity contribution in [1.82, 2.24) is 25.3 Å². The van der Waals surface area contributed by atoms with Gasteiger partial charge in [-0.05, 0) is 82.3 Å². The van der Waals surface area contributed by atoms with Crippen molar-refractivity contribution in [2.24, 2.45) is 11.3 Å². The zero-order chi connectivity index (χ0) is 33.7. The van der Waals surface area contributed by atoms with E-state index in [1.807, 2.05) is 75.9 Å². The first-order chi connectivity index (χ1) is 21.9. The van der Waals surface area contributed by atoms with Crippen LogP contribution in [0, 0.1) is 30.6 Å². The Bertz CT molecular complexity index is 1470. The highest BCUT2D eigenvalue weighted by Gasteiger charge is 2.33. The first kappa shape index (κ1) is 36.7. The van der Waals surface area contributed by atoms with E-state index in [9.17, 15) is 4.79 Å². The lowest BCUT2D eigenvalue weighted by molar-refractivity contribution is -0.144. The van der Waals surface area contributed by atoms with Crippen LogP contribution in [-0.2, 0) is 9.53 Å². The number of aryl methyl sites for hydroxylation is 1. The molecule has 0 radical (unpaired) electrons. The van der Waals surface area contributed by atoms with Crippen LogP contribution in [0.25, 0.3) is 17.5 Å². The summed E-state index contributed by atoms with van der Waals surface area (Å²) in [6, 6.07) is 15.9. The van der Waals surface area contributed by atoms with Crippen molar-refractivity contribution < 1.29 is 14.3 Å². The Balaban J connectivity index is 1.58. The predicted octanol–water partition coefficient (Wildman–Crippen LogP) is 7.53. The van der Waals surface area contributed by atoms with Crippen LogP contribution in [0.5, 0.6) is 5.75 Å². The second kappa shape index (κ2) is 17.3. The van der Waals surface area contributed by atoms with Crippen LogP contribution in [0.1, 0.15) is 72.7 Å². The van der Waals surface area contributed by atoms with Gasteiger partial charge in [0.2, 0.25) is 11.7 Å². The molecule has 0 saturated carbocycles. The molecule has 0 fully saturated rings. The normalized spacial score (nSPS) is 13.7. The van der Waals surface area contributed by atoms with E-state index in [0.29, 0.717) is 48.1 Å². The second-order valence-electron chi connectivity index (χ2n) is 13.0. The van der Waals surface area contributed by atoms with E-state index in [1.54, 1.807) is 11.8 Å². The molecule has 46 heavy (non-hydrogen) atoms. The van der Waals surface area contributed by atoms with Crippen LogP contribution in [0.4, 0.5) is 0 Å². The van der Waals surface area contributed by atoms with Crippen LogP contribution < -0.4 is 4.74 Å². The number of terminal acetylenes is 1. The van der Waals surface area contributed by atoms with Crippen molar-refractivity contribution in [3.63, 3.8) is 0 Å². The maximum Gasteiger partial charge on any atom is 0.231 e. The summed E-state index contributed by atoms with van der Waals surface area (Å²) < 4.78 is 12.5. The van der Waals surface area contributed by atoms with Gasteiger partial charge in [0.1, 0.15) is 11.4 Å². The molecule has 0 aliphatic rings. The Kier molecular flexibility index (Phi) is 13.8. The fourth-order valence-electron chi connectivity index (χ4n) is 4.86. The minimum absolute atomic E-state index is 0.0553. The molecule has 0 aliphatic heterocycles. The minimum atomic E-state index is -0.781. The van der Waals surface area contributed by atoms with E-state index < -0.39 is 11.0 Å². The fourth-order valence-corrected chi connectivity index (χ4v) is 6.20. The van der Waals surface area contributed by atoms with E-state index in [1.165, 1.54) is 4.90 Å². The van der Waals surface area contributed by atoms with Gasteiger partial charge in [0.15, 0.2) is 5.82 Å². The van der Waals surface area contributed by atoms with E-state index in [2.05, 4.69) is 71.4 Å². The summed E-state index contributed by atoms with van der Waals surface area (Å²) in [6.45, 7) is 17.5. The first-order valence-electron chi connectivity index (χ1n) is 15.9. The number of carbonyl (C=O) groups is 1. The van der Waals surface area contributed by atoms with E-state index in [4.69, 9.17) is 15.9 Å². The lowest BCUT2D eigenvalue weighted by Gasteiger charge is -2.33. The van der Waals surface area contributed by atoms with Gasteiger partial charge in [0.05, 0.1) is 25.2 Å². The molecule has 1 amide bonds. The number of benzene rings is 2. The van der Waals surface area contributed by atoms with Gasteiger partial charge >= 0.3 is 0 Å². The van der Waals surface area contributed by atoms with Crippen molar-refractivity contribution in [2.45, 2.75) is 84.0 Å². The number of nitrogens with zero attached hydrogens (tertiary/aromatic N) is 5. The third-order valence-corrected chi connectivity index (χ3v) is 8.72. The summed E-state index contributed by atoms with van der Waals surface area (Å²) in [5, 5.41) is 16.6. The highest BCUT2D eigenvalue weighted by molar-refractivity contribution is 8.00. The van der Waals surface area contributed by atoms with Crippen molar-refractivity contribution in [3.8, 4) is 29.5 Å². The average Bonchev–Trinajstić information content (AvgIpc) is 3.01. The molecule has 8 nitrogen and oxygen atoms in total. The van der Waals surface area contributed by atoms with Gasteiger partial charge in [0.25, 0.3) is 0 Å². The number of thioether (sulfide) groups is 1. The maximum atomic E-state index is 13.7. The van der Waals surface area contributed by atoms with Gasteiger partial charge in [0, 0.05) is 22.3 Å². The van der Waals surface area contributed by atoms with Crippen LogP contribution in [0.3, 0.4) is 0 Å². The standard InChI is InChI=1S/C37H49N5O3S/c1-10-22-42(23-14-16-30-15-12-13-17-33(30)46-28(5)24-27(3)4)35(43)36(7,8)25-44-26-37(9,11-2)45-32-20-18-31(19-21-32)34-40-38-29(6)39-41-34/h1,12-21,27-28H,11,22-26H2,2-9H3/b16-14+. The first-order valence-corrected chi connectivity index (χ1v) is 16.8. The van der Waals surface area contributed by atoms with E-state index in [-0.39, 0.29) is 19.1 Å². The minimum Gasteiger partial charge on any atom is -0.485 e. The van der Waals surface area contributed by atoms with Crippen molar-refractivity contribution in [2.75, 3.05) is 26.3 Å². The molecule has 2 unspecified atom stereocenters. The van der Waals surface area contributed by atoms with Crippen molar-refractivity contribution in [3.05, 3.63) is 66.0 Å². The maximum absolute atomic E-state index is 13.7. The predicted molar refractivity (Wildman–Crippen MR) is 187 cm³/mol. The number of rotatable bonds is 17. The molecule has 2 aromatic carbocycles. The van der Waals surface area contributed by atoms with Crippen molar-refractivity contribution in [1.29, 1.82) is 0 Å². The number of hydrogen-bond acceptors (Lipinski definition) is 8. The summed E-state index contributed by atoms with van der Waals surface area (Å²) in [7, 11) is 0. The van der Waals surface area contributed by atoms with E-state index in [0.717, 1.165) is 17.5 Å². The SMILES string of the molecule is C#CCN(C/C=C/c1ccccc1SC(C)CC(C)C)C(=O)C(C)(C)COCC(C)(CC)Oc1ccc(-c2nnc(C)nn2)cc1. The van der Waals surface area contributed by atoms with Crippen molar-refractivity contribution >= 4 is 23.7 Å². The summed E-state index contributed by atoms with van der Waals surface area (Å²) >= 11 is 1.89. The third-order valence-electron chi connectivity index (χ3n) is 7.50. The fraction of sp³-hybridized carbons (Fsp3) is 0.486. The highest BCUT2D eigenvalue weighted by atomic mass is 32.2. The van der Waals surface area contributed by atoms with Gasteiger partial charge in [-0.15, -0.1) is 38.6 Å². The molecule has 3 aromatic rings. The summed E-state index contributed by atoms with van der Waals surface area (Å²) in [6.07, 6.45) is 11.6. The number of ether oxygens (including phenoxy) is 2. The molecule has 2 atom stereocenters. The van der Waals surface area contributed by atoms with Gasteiger partial charge in [-0.3, -0.25) is 4.79 Å². The molecule has 0 N–H and O–H groups in total. The smallest absolute Gasteiger partial charge is 0.231 e. The van der Waals surface area contributed by atoms with Gasteiger partial charge in [-0.25, -0.2) is 0 Å². The quantitative estimate of drug-likeness (QED) is 0.110. The summed E-state index contributed by atoms with van der Waals surface area (Å²) in [5.41, 5.74) is 0.568. The zero-order valence-corrected chi connectivity index (χ0v) is 29.4. The Hall–Kier alpha value is -3.74. The third kappa shape index (κ3) is 11.3. The Labute approximate surface area is 279 Å². The number of hydrogen-bond donors (Lipinski definition) is 0. The molecule has 3 rings (SSSR count). The van der Waals surface area contributed by atoms with Crippen LogP contribution in [0.2, 0.25) is 0 Å². The molecule has 9 heteroatoms. The summed E-state index contributed by atoms with van der Waals surface area (Å²) in [5.74, 6) is 4.92.